The van der Waals surface area contributed by atoms with E-state index in [-0.39, 0.29) is 5.91 Å². The molecule has 0 bridgehead atoms. The molecule has 0 aromatic carbocycles. The highest BCUT2D eigenvalue weighted by Crippen LogP contribution is 2.42. The van der Waals surface area contributed by atoms with Crippen LogP contribution in [0.5, 0.6) is 0 Å². The summed E-state index contributed by atoms with van der Waals surface area (Å²) in [7, 11) is 0. The molecule has 1 aliphatic heterocycles. The van der Waals surface area contributed by atoms with Crippen molar-refractivity contribution in [2.75, 3.05) is 6.54 Å². The largest absolute Gasteiger partial charge is 0.334 e. The van der Waals surface area contributed by atoms with Crippen molar-refractivity contribution in [2.24, 2.45) is 5.92 Å². The Kier molecular flexibility index (Phi) is 3.74. The standard InChI is InChI=1S/C17H24N2OS/c20-17(14-11-21-16(18-14)13-8-9-13)19-10-4-3-6-12-5-1-2-7-15(12)19/h11-13,15H,1-10H2/t12-,15-/m1/s1. The Hall–Kier alpha value is -0.900. The topological polar surface area (TPSA) is 33.2 Å². The molecule has 1 aromatic heterocycles. The lowest BCUT2D eigenvalue weighted by Crippen LogP contribution is -2.45. The molecule has 0 N–H and O–H groups in total. The van der Waals surface area contributed by atoms with Gasteiger partial charge in [-0.05, 0) is 44.4 Å². The first-order valence-electron chi connectivity index (χ1n) is 8.59. The Labute approximate surface area is 130 Å². The van der Waals surface area contributed by atoms with Gasteiger partial charge in [-0.25, -0.2) is 4.98 Å². The van der Waals surface area contributed by atoms with Gasteiger partial charge in [0.25, 0.3) is 5.91 Å². The van der Waals surface area contributed by atoms with Gasteiger partial charge in [-0.2, -0.15) is 0 Å². The van der Waals surface area contributed by atoms with E-state index in [2.05, 4.69) is 9.88 Å². The molecule has 0 unspecified atom stereocenters. The van der Waals surface area contributed by atoms with E-state index in [1.807, 2.05) is 5.38 Å². The Balaban J connectivity index is 1.55. The third kappa shape index (κ3) is 2.75. The van der Waals surface area contributed by atoms with Crippen LogP contribution in [0.15, 0.2) is 5.38 Å². The average molecular weight is 304 g/mol. The van der Waals surface area contributed by atoms with Crippen molar-refractivity contribution in [3.8, 4) is 0 Å². The first-order valence-corrected chi connectivity index (χ1v) is 9.47. The van der Waals surface area contributed by atoms with Crippen LogP contribution in [0.25, 0.3) is 0 Å². The number of fused-ring (bicyclic) bond motifs is 1. The van der Waals surface area contributed by atoms with Crippen LogP contribution < -0.4 is 0 Å². The minimum absolute atomic E-state index is 0.206. The molecular weight excluding hydrogens is 280 g/mol. The molecule has 3 fully saturated rings. The lowest BCUT2D eigenvalue weighted by molar-refractivity contribution is 0.0564. The zero-order valence-corrected chi connectivity index (χ0v) is 13.4. The van der Waals surface area contributed by atoms with Crippen molar-refractivity contribution in [2.45, 2.75) is 69.7 Å². The summed E-state index contributed by atoms with van der Waals surface area (Å²) in [5, 5.41) is 3.19. The van der Waals surface area contributed by atoms with Crippen LogP contribution in [0.1, 0.15) is 79.2 Å². The number of thiazole rings is 1. The zero-order chi connectivity index (χ0) is 14.2. The number of aromatic nitrogens is 1. The normalized spacial score (nSPS) is 29.8. The number of hydrogen-bond donors (Lipinski definition) is 0. The first-order chi connectivity index (χ1) is 10.3. The monoisotopic (exact) mass is 304 g/mol. The maximum Gasteiger partial charge on any atom is 0.273 e. The Morgan fingerprint density at radius 1 is 1.10 bits per heavy atom. The van der Waals surface area contributed by atoms with Crippen LogP contribution in [0.2, 0.25) is 0 Å². The molecule has 1 saturated heterocycles. The fourth-order valence-corrected chi connectivity index (χ4v) is 5.06. The molecule has 1 amide bonds. The molecule has 2 atom stereocenters. The van der Waals surface area contributed by atoms with Crippen molar-refractivity contribution < 1.29 is 4.79 Å². The van der Waals surface area contributed by atoms with Gasteiger partial charge in [-0.1, -0.05) is 19.3 Å². The molecule has 0 radical (unpaired) electrons. The lowest BCUT2D eigenvalue weighted by Gasteiger charge is -2.38. The molecular formula is C17H24N2OS. The van der Waals surface area contributed by atoms with E-state index < -0.39 is 0 Å². The Morgan fingerprint density at radius 2 is 1.86 bits per heavy atom. The first kappa shape index (κ1) is 13.7. The van der Waals surface area contributed by atoms with Crippen LogP contribution in [-0.2, 0) is 0 Å². The fraction of sp³-hybridized carbons (Fsp3) is 0.765. The molecule has 3 nitrogen and oxygen atoms in total. The number of hydrogen-bond acceptors (Lipinski definition) is 3. The quantitative estimate of drug-likeness (QED) is 0.820. The molecule has 1 aromatic rings. The van der Waals surface area contributed by atoms with Gasteiger partial charge in [0, 0.05) is 23.9 Å². The van der Waals surface area contributed by atoms with Gasteiger partial charge < -0.3 is 4.90 Å². The number of likely N-dealkylation sites (tertiary alicyclic amines) is 1. The maximum atomic E-state index is 12.9. The highest BCUT2D eigenvalue weighted by Gasteiger charge is 2.36. The van der Waals surface area contributed by atoms with Crippen molar-refractivity contribution >= 4 is 17.2 Å². The number of nitrogens with zero attached hydrogens (tertiary/aromatic N) is 2. The summed E-state index contributed by atoms with van der Waals surface area (Å²) < 4.78 is 0. The van der Waals surface area contributed by atoms with E-state index >= 15 is 0 Å². The minimum Gasteiger partial charge on any atom is -0.334 e. The summed E-state index contributed by atoms with van der Waals surface area (Å²) in [6.07, 6.45) is 11.5. The molecule has 21 heavy (non-hydrogen) atoms. The summed E-state index contributed by atoms with van der Waals surface area (Å²) in [5.41, 5.74) is 0.716. The summed E-state index contributed by atoms with van der Waals surface area (Å²) >= 11 is 1.69. The predicted molar refractivity (Wildman–Crippen MR) is 84.7 cm³/mol. The zero-order valence-electron chi connectivity index (χ0n) is 12.6. The summed E-state index contributed by atoms with van der Waals surface area (Å²) in [6, 6.07) is 0.486. The van der Waals surface area contributed by atoms with Gasteiger partial charge >= 0.3 is 0 Å². The minimum atomic E-state index is 0.206. The number of rotatable bonds is 2. The number of amides is 1. The number of carbonyl (C=O) groups is 1. The molecule has 2 saturated carbocycles. The molecule has 3 aliphatic rings. The van der Waals surface area contributed by atoms with Crippen molar-refractivity contribution in [3.63, 3.8) is 0 Å². The second kappa shape index (κ2) is 5.71. The smallest absolute Gasteiger partial charge is 0.273 e. The molecule has 0 spiro atoms. The summed E-state index contributed by atoms with van der Waals surface area (Å²) in [5.74, 6) is 1.60. The molecule has 2 aliphatic carbocycles. The van der Waals surface area contributed by atoms with Crippen LogP contribution in [0.4, 0.5) is 0 Å². The molecule has 4 heteroatoms. The second-order valence-corrected chi connectivity index (χ2v) is 7.84. The maximum absolute atomic E-state index is 12.9. The number of carbonyl (C=O) groups excluding carboxylic acids is 1. The highest BCUT2D eigenvalue weighted by atomic mass is 32.1. The third-order valence-electron chi connectivity index (χ3n) is 5.42. The SMILES string of the molecule is O=C(c1csc(C2CC2)n1)N1CCCC[C@H]2CCCC[C@H]21. The van der Waals surface area contributed by atoms with Crippen molar-refractivity contribution in [1.29, 1.82) is 0 Å². The third-order valence-corrected chi connectivity index (χ3v) is 6.43. The molecule has 2 heterocycles. The van der Waals surface area contributed by atoms with Gasteiger partial charge in [0.1, 0.15) is 5.69 Å². The lowest BCUT2D eigenvalue weighted by atomic mass is 9.81. The van der Waals surface area contributed by atoms with E-state index in [0.29, 0.717) is 17.7 Å². The van der Waals surface area contributed by atoms with Gasteiger partial charge in [0.15, 0.2) is 0 Å². The van der Waals surface area contributed by atoms with E-state index in [4.69, 9.17) is 0 Å². The van der Waals surface area contributed by atoms with E-state index in [1.165, 1.54) is 62.8 Å². The molecule has 4 rings (SSSR count). The van der Waals surface area contributed by atoms with Gasteiger partial charge in [0.2, 0.25) is 0 Å². The predicted octanol–water partition coefficient (Wildman–Crippen LogP) is 4.21. The second-order valence-electron chi connectivity index (χ2n) is 6.95. The van der Waals surface area contributed by atoms with Crippen LogP contribution >= 0.6 is 11.3 Å². The highest BCUT2D eigenvalue weighted by molar-refractivity contribution is 7.10. The molecule has 114 valence electrons. The van der Waals surface area contributed by atoms with Gasteiger partial charge in [-0.15, -0.1) is 11.3 Å². The van der Waals surface area contributed by atoms with Crippen molar-refractivity contribution in [3.05, 3.63) is 16.1 Å². The fourth-order valence-electron chi connectivity index (χ4n) is 4.09. The van der Waals surface area contributed by atoms with E-state index in [0.717, 1.165) is 12.5 Å². The van der Waals surface area contributed by atoms with E-state index in [1.54, 1.807) is 11.3 Å². The van der Waals surface area contributed by atoms with Gasteiger partial charge in [-0.3, -0.25) is 4.79 Å². The Bertz CT molecular complexity index is 523. The summed E-state index contributed by atoms with van der Waals surface area (Å²) in [4.78, 5) is 19.8. The van der Waals surface area contributed by atoms with Crippen LogP contribution in [0.3, 0.4) is 0 Å². The van der Waals surface area contributed by atoms with Crippen LogP contribution in [-0.4, -0.2) is 28.4 Å². The van der Waals surface area contributed by atoms with E-state index in [9.17, 15) is 4.79 Å². The summed E-state index contributed by atoms with van der Waals surface area (Å²) in [6.45, 7) is 0.941. The average Bonchev–Trinajstić information content (AvgIpc) is 3.28. The van der Waals surface area contributed by atoms with Gasteiger partial charge in [0.05, 0.1) is 5.01 Å². The van der Waals surface area contributed by atoms with Crippen LogP contribution in [0, 0.1) is 5.92 Å². The Morgan fingerprint density at radius 3 is 2.67 bits per heavy atom. The van der Waals surface area contributed by atoms with Crippen molar-refractivity contribution in [1.82, 2.24) is 9.88 Å².